The molecule has 4 N–H and O–H groups in total. The monoisotopic (exact) mass is 726 g/mol. The minimum absolute atomic E-state index is 0.0435. The van der Waals surface area contributed by atoms with E-state index in [1.807, 2.05) is 22.6 Å². The van der Waals surface area contributed by atoms with Gasteiger partial charge in [-0.05, 0) is 59.9 Å². The molecule has 4 aliphatic rings. The molecule has 2 aromatic rings. The first-order valence-electron chi connectivity index (χ1n) is 14.3. The number of methoxy groups -OCH3 is 1. The lowest BCUT2D eigenvalue weighted by Gasteiger charge is -2.27. The molecule has 0 amide bonds. The highest BCUT2D eigenvalue weighted by molar-refractivity contribution is 14.1. The Bertz CT molecular complexity index is 2440. The number of benzene rings is 1. The van der Waals surface area contributed by atoms with Gasteiger partial charge >= 0.3 is 0 Å². The van der Waals surface area contributed by atoms with Crippen molar-refractivity contribution < 1.29 is 24.9 Å². The molecule has 1 aromatic heterocycles. The molecule has 232 valence electrons. The largest absolute Gasteiger partial charge is 0.510 e. The van der Waals surface area contributed by atoms with Crippen LogP contribution in [0.25, 0.3) is 22.3 Å². The predicted molar refractivity (Wildman–Crippen MR) is 174 cm³/mol. The third-order valence-electron chi connectivity index (χ3n) is 8.73. The third-order valence-corrected chi connectivity index (χ3v) is 9.97. The lowest BCUT2D eigenvalue weighted by molar-refractivity contribution is 0.141. The second kappa shape index (κ2) is 11.1. The average molecular weight is 726 g/mol. The van der Waals surface area contributed by atoms with E-state index in [2.05, 4.69) is 17.1 Å². The molecule has 1 spiro atoms. The van der Waals surface area contributed by atoms with Gasteiger partial charge in [0.25, 0.3) is 5.56 Å². The van der Waals surface area contributed by atoms with E-state index in [1.54, 1.807) is 6.07 Å². The van der Waals surface area contributed by atoms with Gasteiger partial charge in [0, 0.05) is 20.6 Å². The van der Waals surface area contributed by atoms with Gasteiger partial charge in [0.1, 0.15) is 29.3 Å². The van der Waals surface area contributed by atoms with Gasteiger partial charge in [-0.15, -0.1) is 0 Å². The number of aromatic amines is 1. The normalized spacial score (nSPS) is 17.2. The number of hydrogen-bond donors (Lipinski definition) is 4. The molecule has 1 aromatic carbocycles. The SMILES string of the molecule is CCCCCCON=Cc1cc2c(I)c3c(c(O)c2c(=O)[nH]1)[C@@]1(CC3)C(O)=c2c(=O)c3c(=O)cc(OC)c(=O)c=3c(=O)c2=C1O. The number of halogens is 1. The van der Waals surface area contributed by atoms with Crippen molar-refractivity contribution in [2.45, 2.75) is 50.9 Å². The maximum atomic E-state index is 13.7. The molecule has 0 saturated carbocycles. The number of fused-ring (bicyclic) bond motifs is 4. The number of rotatable bonds is 8. The second-order valence-electron chi connectivity index (χ2n) is 11.2. The number of aromatic hydroxyl groups is 1. The van der Waals surface area contributed by atoms with Gasteiger partial charge in [-0.25, -0.2) is 0 Å². The Balaban J connectivity index is 1.58. The summed E-state index contributed by atoms with van der Waals surface area (Å²) < 4.78 is 5.45. The van der Waals surface area contributed by atoms with Gasteiger partial charge in [0.05, 0.1) is 45.3 Å². The fourth-order valence-corrected chi connectivity index (χ4v) is 7.59. The summed E-state index contributed by atoms with van der Waals surface area (Å²) in [6.07, 6.45) is 5.50. The Kier molecular flexibility index (Phi) is 7.54. The molecular weight excluding hydrogens is 699 g/mol. The molecule has 6 rings (SSSR count). The Labute approximate surface area is 266 Å². The van der Waals surface area contributed by atoms with Gasteiger partial charge in [-0.1, -0.05) is 24.9 Å². The van der Waals surface area contributed by atoms with Crippen LogP contribution in [-0.4, -0.2) is 40.2 Å². The van der Waals surface area contributed by atoms with Gasteiger partial charge < -0.3 is 29.9 Å². The number of H-pyrrole nitrogens is 1. The number of nitrogens with zero attached hydrogens (tertiary/aromatic N) is 1. The Morgan fingerprint density at radius 2 is 1.64 bits per heavy atom. The zero-order chi connectivity index (χ0) is 32.4. The van der Waals surface area contributed by atoms with Crippen molar-refractivity contribution in [3.8, 4) is 11.5 Å². The highest BCUT2D eigenvalue weighted by Crippen LogP contribution is 2.55. The van der Waals surface area contributed by atoms with Crippen LogP contribution >= 0.6 is 22.6 Å². The Morgan fingerprint density at radius 1 is 0.956 bits per heavy atom. The lowest BCUT2D eigenvalue weighted by Crippen LogP contribution is -2.51. The molecule has 4 aliphatic carbocycles. The summed E-state index contributed by atoms with van der Waals surface area (Å²) in [6.45, 7) is 2.53. The lowest BCUT2D eigenvalue weighted by atomic mass is 9.78. The quantitative estimate of drug-likeness (QED) is 0.0884. The maximum absolute atomic E-state index is 13.7. The standard InChI is InChI=1S/C32H27IN2O10/c1-3-4-5-6-9-45-34-12-13-10-15-18(31(43)35-13)28(40)23-14(24(15)33)7-8-32(23)29(41)21-22(30(32)42)27(39)20-19(26(21)38)16(36)11-17(44-2)25(20)37/h10-12,40-42H,3-9H2,1-2H3,(H,35,43)/t32-/m0/s1. The number of phenolic OH excluding ortho intramolecular Hbond substituents is 1. The summed E-state index contributed by atoms with van der Waals surface area (Å²) in [4.78, 5) is 74.3. The van der Waals surface area contributed by atoms with Crippen molar-refractivity contribution in [3.05, 3.63) is 105 Å². The number of aliphatic hydroxyl groups is 2. The van der Waals surface area contributed by atoms with E-state index in [1.165, 1.54) is 6.21 Å². The fourth-order valence-electron chi connectivity index (χ4n) is 6.62. The molecule has 0 unspecified atom stereocenters. The van der Waals surface area contributed by atoms with Gasteiger partial charge in [-0.2, -0.15) is 0 Å². The first-order valence-corrected chi connectivity index (χ1v) is 15.4. The van der Waals surface area contributed by atoms with Crippen molar-refractivity contribution in [1.29, 1.82) is 0 Å². The summed E-state index contributed by atoms with van der Waals surface area (Å²) in [5, 5.41) is 36.3. The molecule has 45 heavy (non-hydrogen) atoms. The first kappa shape index (κ1) is 30.5. The molecule has 0 saturated heterocycles. The zero-order valence-electron chi connectivity index (χ0n) is 24.2. The average Bonchev–Trinajstić information content (AvgIpc) is 3.52. The number of ether oxygens (including phenoxy) is 1. The summed E-state index contributed by atoms with van der Waals surface area (Å²) in [6, 6.07) is 2.40. The molecule has 1 heterocycles. The Hall–Kier alpha value is -4.53. The molecule has 12 nitrogen and oxygen atoms in total. The van der Waals surface area contributed by atoms with Crippen LogP contribution in [-0.2, 0) is 16.7 Å². The minimum Gasteiger partial charge on any atom is -0.510 e. The molecule has 0 aliphatic heterocycles. The zero-order valence-corrected chi connectivity index (χ0v) is 26.4. The number of nitrogens with one attached hydrogen (secondary N) is 1. The maximum Gasteiger partial charge on any atom is 0.260 e. The van der Waals surface area contributed by atoms with Gasteiger partial charge in [-0.3, -0.25) is 24.0 Å². The number of hydrogen-bond acceptors (Lipinski definition) is 11. The molecule has 0 bridgehead atoms. The van der Waals surface area contributed by atoms with E-state index in [9.17, 15) is 39.3 Å². The van der Waals surface area contributed by atoms with Gasteiger partial charge in [0.2, 0.25) is 16.3 Å². The van der Waals surface area contributed by atoms with Crippen LogP contribution in [0.4, 0.5) is 0 Å². The van der Waals surface area contributed by atoms with E-state index >= 15 is 0 Å². The van der Waals surface area contributed by atoms with Crippen molar-refractivity contribution in [2.24, 2.45) is 5.16 Å². The number of aromatic nitrogens is 1. The number of phenols is 1. The summed E-state index contributed by atoms with van der Waals surface area (Å²) in [5.41, 5.74) is -6.10. The van der Waals surface area contributed by atoms with Crippen LogP contribution in [0.15, 0.2) is 41.3 Å². The van der Waals surface area contributed by atoms with E-state index in [0.29, 0.717) is 26.8 Å². The van der Waals surface area contributed by atoms with E-state index in [4.69, 9.17) is 9.57 Å². The molecule has 13 heteroatoms. The van der Waals surface area contributed by atoms with Crippen LogP contribution in [0.5, 0.6) is 11.5 Å². The summed E-state index contributed by atoms with van der Waals surface area (Å²) in [5.74, 6) is -2.51. The van der Waals surface area contributed by atoms with Gasteiger partial charge in [0.15, 0.2) is 11.2 Å². The van der Waals surface area contributed by atoms with Crippen LogP contribution in [0.2, 0.25) is 0 Å². The van der Waals surface area contributed by atoms with Crippen LogP contribution in [0.1, 0.15) is 55.8 Å². The van der Waals surface area contributed by atoms with Crippen LogP contribution in [0, 0.1) is 14.0 Å². The summed E-state index contributed by atoms with van der Waals surface area (Å²) in [7, 11) is 1.13. The van der Waals surface area contributed by atoms with E-state index in [-0.39, 0.29) is 23.8 Å². The first-order chi connectivity index (χ1) is 21.5. The number of aliphatic hydroxyl groups excluding tert-OH is 2. The van der Waals surface area contributed by atoms with Crippen molar-refractivity contribution in [3.63, 3.8) is 0 Å². The number of unbranched alkanes of at least 4 members (excludes halogenated alkanes) is 3. The van der Waals surface area contributed by atoms with Crippen molar-refractivity contribution >= 4 is 51.1 Å². The number of pyridine rings is 1. The van der Waals surface area contributed by atoms with E-state index < -0.39 is 76.6 Å². The van der Waals surface area contributed by atoms with Crippen molar-refractivity contribution in [1.82, 2.24) is 4.98 Å². The topological polar surface area (TPSA) is 193 Å². The van der Waals surface area contributed by atoms with E-state index in [0.717, 1.165) is 38.9 Å². The Morgan fingerprint density at radius 3 is 2.31 bits per heavy atom. The predicted octanol–water partition coefficient (Wildman–Crippen LogP) is 1.05. The second-order valence-corrected chi connectivity index (χ2v) is 12.2. The third kappa shape index (κ3) is 4.23. The molecule has 1 atom stereocenters. The van der Waals surface area contributed by atoms with Crippen LogP contribution < -0.4 is 42.4 Å². The molecule has 0 fully saturated rings. The minimum atomic E-state index is -1.97. The van der Waals surface area contributed by atoms with Crippen molar-refractivity contribution in [2.75, 3.05) is 13.7 Å². The highest BCUT2D eigenvalue weighted by Gasteiger charge is 2.53. The molecule has 0 radical (unpaired) electrons. The number of oxime groups is 1. The van der Waals surface area contributed by atoms with Crippen LogP contribution in [0.3, 0.4) is 0 Å². The summed E-state index contributed by atoms with van der Waals surface area (Å²) >= 11 is 2.00. The molecular formula is C32H27IN2O10. The fraction of sp³-hybridized carbons (Fsp3) is 0.312. The highest BCUT2D eigenvalue weighted by atomic mass is 127. The smallest absolute Gasteiger partial charge is 0.260 e.